The van der Waals surface area contributed by atoms with E-state index < -0.39 is 5.92 Å². The van der Waals surface area contributed by atoms with Crippen LogP contribution in [-0.4, -0.2) is 15.1 Å². The molecule has 0 aliphatic carbocycles. The summed E-state index contributed by atoms with van der Waals surface area (Å²) < 4.78 is 4.98. The van der Waals surface area contributed by atoms with Crippen molar-refractivity contribution in [3.8, 4) is 6.07 Å². The molecule has 0 aliphatic rings. The van der Waals surface area contributed by atoms with Gasteiger partial charge in [0, 0.05) is 10.4 Å². The number of hydrogen-bond donors (Lipinski definition) is 0. The lowest BCUT2D eigenvalue weighted by Gasteiger charge is -2.03. The van der Waals surface area contributed by atoms with E-state index >= 15 is 0 Å². The van der Waals surface area contributed by atoms with Gasteiger partial charge in [0.25, 0.3) is 0 Å². The average Bonchev–Trinajstić information content (AvgIpc) is 3.05. The number of carbonyl (C=O) groups is 1. The Bertz CT molecular complexity index is 878. The van der Waals surface area contributed by atoms with Crippen LogP contribution >= 0.6 is 34.5 Å². The lowest BCUT2D eigenvalue weighted by Crippen LogP contribution is -2.11. The van der Waals surface area contributed by atoms with Crippen molar-refractivity contribution < 1.29 is 4.79 Å². The van der Waals surface area contributed by atoms with Gasteiger partial charge in [0.1, 0.15) is 5.01 Å². The molecule has 2 heterocycles. The fourth-order valence-corrected chi connectivity index (χ4v) is 3.81. The molecule has 2 aromatic heterocycles. The zero-order chi connectivity index (χ0) is 15.0. The summed E-state index contributed by atoms with van der Waals surface area (Å²) in [6.45, 7) is 1.76. The first-order valence-electron chi connectivity index (χ1n) is 6.01. The summed E-state index contributed by atoms with van der Waals surface area (Å²) in [5.74, 6) is -1.16. The zero-order valence-corrected chi connectivity index (χ0v) is 13.2. The Kier molecular flexibility index (Phi) is 3.72. The standard InChI is InChI=1S/C14H8ClN3OS2/c1-7-10(6-20-18-7)13(19)9(5-16)14-17-11-4-8(15)2-3-12(11)21-14/h2-4,6,9H,1H3. The van der Waals surface area contributed by atoms with E-state index in [0.29, 0.717) is 26.8 Å². The van der Waals surface area contributed by atoms with E-state index in [9.17, 15) is 10.1 Å². The van der Waals surface area contributed by atoms with Crippen LogP contribution in [0.5, 0.6) is 0 Å². The van der Waals surface area contributed by atoms with Crippen molar-refractivity contribution in [3.05, 3.63) is 44.9 Å². The third-order valence-electron chi connectivity index (χ3n) is 3.02. The number of nitrogens with zero attached hydrogens (tertiary/aromatic N) is 3. The van der Waals surface area contributed by atoms with Crippen LogP contribution in [0.1, 0.15) is 27.0 Å². The maximum absolute atomic E-state index is 12.5. The molecule has 0 fully saturated rings. The first-order valence-corrected chi connectivity index (χ1v) is 8.04. The molecule has 3 aromatic rings. The van der Waals surface area contributed by atoms with E-state index in [1.807, 2.05) is 6.07 Å². The van der Waals surface area contributed by atoms with Crippen molar-refractivity contribution in [2.24, 2.45) is 0 Å². The number of thiazole rings is 1. The number of fused-ring (bicyclic) bond motifs is 1. The fourth-order valence-electron chi connectivity index (χ4n) is 1.95. The first kappa shape index (κ1) is 14.1. The molecule has 0 amide bonds. The predicted octanol–water partition coefficient (Wildman–Crippen LogP) is 4.20. The zero-order valence-electron chi connectivity index (χ0n) is 10.8. The highest BCUT2D eigenvalue weighted by Crippen LogP contribution is 2.31. The number of hydrogen-bond acceptors (Lipinski definition) is 6. The molecule has 0 saturated carbocycles. The quantitative estimate of drug-likeness (QED) is 0.673. The van der Waals surface area contributed by atoms with Crippen LogP contribution in [0.4, 0.5) is 0 Å². The van der Waals surface area contributed by atoms with Gasteiger partial charge in [-0.25, -0.2) is 4.98 Å². The van der Waals surface area contributed by atoms with Gasteiger partial charge in [-0.15, -0.1) is 11.3 Å². The normalized spacial score (nSPS) is 12.2. The monoisotopic (exact) mass is 333 g/mol. The third kappa shape index (κ3) is 2.56. The first-order chi connectivity index (χ1) is 10.1. The van der Waals surface area contributed by atoms with Gasteiger partial charge in [0.05, 0.1) is 27.5 Å². The Morgan fingerprint density at radius 2 is 2.29 bits per heavy atom. The second kappa shape index (κ2) is 5.53. The summed E-state index contributed by atoms with van der Waals surface area (Å²) >= 11 is 8.48. The number of halogens is 1. The molecule has 1 atom stereocenters. The summed E-state index contributed by atoms with van der Waals surface area (Å²) in [4.78, 5) is 16.9. The van der Waals surface area contributed by atoms with Crippen molar-refractivity contribution >= 4 is 50.5 Å². The molecular formula is C14H8ClN3OS2. The van der Waals surface area contributed by atoms with Gasteiger partial charge in [-0.1, -0.05) is 11.6 Å². The summed E-state index contributed by atoms with van der Waals surface area (Å²) in [5, 5.41) is 12.1. The van der Waals surface area contributed by atoms with Gasteiger partial charge < -0.3 is 0 Å². The van der Waals surface area contributed by atoms with Crippen molar-refractivity contribution in [1.82, 2.24) is 9.36 Å². The molecule has 0 radical (unpaired) electrons. The van der Waals surface area contributed by atoms with E-state index in [-0.39, 0.29) is 5.78 Å². The molecule has 3 rings (SSSR count). The number of ketones is 1. The summed E-state index contributed by atoms with van der Waals surface area (Å²) in [5.41, 5.74) is 1.84. The summed E-state index contributed by atoms with van der Waals surface area (Å²) in [7, 11) is 0. The molecular weight excluding hydrogens is 326 g/mol. The van der Waals surface area contributed by atoms with Crippen molar-refractivity contribution in [3.63, 3.8) is 0 Å². The molecule has 104 valence electrons. The van der Waals surface area contributed by atoms with Gasteiger partial charge in [0.2, 0.25) is 0 Å². The van der Waals surface area contributed by atoms with Gasteiger partial charge >= 0.3 is 0 Å². The highest BCUT2D eigenvalue weighted by molar-refractivity contribution is 7.18. The van der Waals surface area contributed by atoms with Crippen LogP contribution in [0.2, 0.25) is 5.02 Å². The number of aromatic nitrogens is 2. The molecule has 7 heteroatoms. The Morgan fingerprint density at radius 1 is 1.48 bits per heavy atom. The predicted molar refractivity (Wildman–Crippen MR) is 84.2 cm³/mol. The van der Waals surface area contributed by atoms with Crippen LogP contribution in [0.3, 0.4) is 0 Å². The van der Waals surface area contributed by atoms with Crippen LogP contribution < -0.4 is 0 Å². The molecule has 1 aromatic carbocycles. The average molecular weight is 334 g/mol. The molecule has 0 saturated heterocycles. The maximum Gasteiger partial charge on any atom is 0.189 e. The number of nitriles is 1. The topological polar surface area (TPSA) is 66.6 Å². The van der Waals surface area contributed by atoms with Crippen LogP contribution in [-0.2, 0) is 0 Å². The second-order valence-electron chi connectivity index (χ2n) is 4.40. The van der Waals surface area contributed by atoms with E-state index in [1.165, 1.54) is 22.9 Å². The smallest absolute Gasteiger partial charge is 0.189 e. The summed E-state index contributed by atoms with van der Waals surface area (Å²) in [6, 6.07) is 7.39. The van der Waals surface area contributed by atoms with Gasteiger partial charge in [-0.05, 0) is 36.7 Å². The molecule has 0 spiro atoms. The van der Waals surface area contributed by atoms with E-state index in [2.05, 4.69) is 15.4 Å². The van der Waals surface area contributed by atoms with Crippen LogP contribution in [0.25, 0.3) is 10.2 Å². The maximum atomic E-state index is 12.5. The number of carbonyl (C=O) groups excluding carboxylic acids is 1. The Balaban J connectivity index is 2.04. The van der Waals surface area contributed by atoms with Gasteiger partial charge in [-0.3, -0.25) is 4.79 Å². The van der Waals surface area contributed by atoms with E-state index in [4.69, 9.17) is 11.6 Å². The lowest BCUT2D eigenvalue weighted by molar-refractivity contribution is 0.0978. The van der Waals surface area contributed by atoms with E-state index in [1.54, 1.807) is 24.4 Å². The minimum Gasteiger partial charge on any atom is -0.292 e. The molecule has 1 unspecified atom stereocenters. The molecule has 0 N–H and O–H groups in total. The van der Waals surface area contributed by atoms with Crippen molar-refractivity contribution in [2.75, 3.05) is 0 Å². The Morgan fingerprint density at radius 3 is 2.95 bits per heavy atom. The van der Waals surface area contributed by atoms with Crippen molar-refractivity contribution in [1.29, 1.82) is 5.26 Å². The van der Waals surface area contributed by atoms with Gasteiger partial charge in [-0.2, -0.15) is 9.64 Å². The van der Waals surface area contributed by atoms with Crippen LogP contribution in [0, 0.1) is 18.3 Å². The van der Waals surface area contributed by atoms with Crippen molar-refractivity contribution in [2.45, 2.75) is 12.8 Å². The minimum atomic E-state index is -0.906. The Hall–Kier alpha value is -1.81. The molecule has 4 nitrogen and oxygen atoms in total. The highest BCUT2D eigenvalue weighted by Gasteiger charge is 2.27. The second-order valence-corrected chi connectivity index (χ2v) is 6.53. The minimum absolute atomic E-state index is 0.256. The fraction of sp³-hybridized carbons (Fsp3) is 0.143. The SMILES string of the molecule is Cc1nscc1C(=O)C(C#N)c1nc2cc(Cl)ccc2s1. The number of rotatable bonds is 3. The molecule has 21 heavy (non-hydrogen) atoms. The number of Topliss-reactive ketones (excluding diaryl/α,β-unsaturated/α-hetero) is 1. The van der Waals surface area contributed by atoms with Gasteiger partial charge in [0.15, 0.2) is 11.7 Å². The molecule has 0 aliphatic heterocycles. The lowest BCUT2D eigenvalue weighted by atomic mass is 10.0. The molecule has 0 bridgehead atoms. The number of aryl methyl sites for hydroxylation is 1. The largest absolute Gasteiger partial charge is 0.292 e. The van der Waals surface area contributed by atoms with Crippen LogP contribution in [0.15, 0.2) is 23.6 Å². The highest BCUT2D eigenvalue weighted by atomic mass is 35.5. The Labute approximate surface area is 133 Å². The summed E-state index contributed by atoms with van der Waals surface area (Å²) in [6.07, 6.45) is 0. The number of benzene rings is 1. The van der Waals surface area contributed by atoms with E-state index in [0.717, 1.165) is 4.70 Å². The third-order valence-corrected chi connectivity index (χ3v) is 5.08.